The summed E-state index contributed by atoms with van der Waals surface area (Å²) < 4.78 is 17.8. The minimum absolute atomic E-state index is 0.682. The van der Waals surface area contributed by atoms with Crippen molar-refractivity contribution < 1.29 is 13.3 Å². The minimum Gasteiger partial charge on any atom is -0.370 e. The van der Waals surface area contributed by atoms with Crippen LogP contribution in [-0.2, 0) is 13.3 Å². The molecule has 0 aliphatic rings. The highest BCUT2D eigenvalue weighted by atomic mass is 28.4. The zero-order valence-electron chi connectivity index (χ0n) is 13.0. The third-order valence-electron chi connectivity index (χ3n) is 2.31. The average Bonchev–Trinajstić information content (AvgIpc) is 2.44. The monoisotopic (exact) mass is 286 g/mol. The minimum atomic E-state index is -2.64. The maximum atomic E-state index is 5.94. The van der Waals surface area contributed by atoms with Crippen LogP contribution in [0.4, 0.5) is 0 Å². The van der Waals surface area contributed by atoms with Gasteiger partial charge in [0.25, 0.3) is 0 Å². The van der Waals surface area contributed by atoms with E-state index in [1.54, 1.807) is 0 Å². The van der Waals surface area contributed by atoms with Gasteiger partial charge in [0.1, 0.15) is 0 Å². The molecule has 3 nitrogen and oxygen atoms in total. The molecule has 19 heavy (non-hydrogen) atoms. The Morgan fingerprint density at radius 2 is 1.21 bits per heavy atom. The fraction of sp³-hybridized carbons (Fsp3) is 0.733. The summed E-state index contributed by atoms with van der Waals surface area (Å²) in [6.07, 6.45) is 10.1. The molecule has 0 atom stereocenters. The first-order valence-corrected chi connectivity index (χ1v) is 9.31. The summed E-state index contributed by atoms with van der Waals surface area (Å²) in [5, 5.41) is 0. The number of hydrogen-bond donors (Lipinski definition) is 0. The van der Waals surface area contributed by atoms with Gasteiger partial charge in [-0.3, -0.25) is 0 Å². The summed E-state index contributed by atoms with van der Waals surface area (Å²) in [6, 6.07) is 0. The van der Waals surface area contributed by atoms with E-state index in [1.165, 1.54) is 0 Å². The van der Waals surface area contributed by atoms with Gasteiger partial charge in [0.15, 0.2) is 0 Å². The van der Waals surface area contributed by atoms with Gasteiger partial charge in [0, 0.05) is 19.8 Å². The summed E-state index contributed by atoms with van der Waals surface area (Å²) in [4.78, 5) is 0. The molecule has 0 aromatic heterocycles. The van der Waals surface area contributed by atoms with E-state index in [-0.39, 0.29) is 0 Å². The standard InChI is InChI=1S/C15H30O3Si/c1-5-9-10-11-15-19(16-12-6-2,17-13-7-3)18-14-8-4/h9-11,15H,5-8,12-14H2,1-4H3. The van der Waals surface area contributed by atoms with E-state index >= 15 is 0 Å². The Bertz CT molecular complexity index is 230. The molecule has 0 bridgehead atoms. The fourth-order valence-electron chi connectivity index (χ4n) is 1.39. The van der Waals surface area contributed by atoms with Crippen LogP contribution in [-0.4, -0.2) is 28.6 Å². The molecular weight excluding hydrogens is 256 g/mol. The second-order valence-electron chi connectivity index (χ2n) is 4.34. The molecule has 0 saturated carbocycles. The molecule has 4 heteroatoms. The van der Waals surface area contributed by atoms with Crippen molar-refractivity contribution in [2.24, 2.45) is 0 Å². The predicted molar refractivity (Wildman–Crippen MR) is 83.1 cm³/mol. The van der Waals surface area contributed by atoms with Crippen LogP contribution in [0.5, 0.6) is 0 Å². The highest BCUT2D eigenvalue weighted by molar-refractivity contribution is 6.66. The molecule has 0 rings (SSSR count). The molecular formula is C15H30O3Si. The summed E-state index contributed by atoms with van der Waals surface area (Å²) in [5.41, 5.74) is 2.00. The first kappa shape index (κ1) is 18.6. The topological polar surface area (TPSA) is 27.7 Å². The molecule has 0 saturated heterocycles. The summed E-state index contributed by atoms with van der Waals surface area (Å²) in [6.45, 7) is 10.5. The van der Waals surface area contributed by atoms with E-state index in [1.807, 2.05) is 17.9 Å². The quantitative estimate of drug-likeness (QED) is 0.396. The Morgan fingerprint density at radius 1 is 0.737 bits per heavy atom. The molecule has 0 N–H and O–H groups in total. The number of hydrogen-bond acceptors (Lipinski definition) is 3. The lowest BCUT2D eigenvalue weighted by molar-refractivity contribution is 0.0716. The van der Waals surface area contributed by atoms with Gasteiger partial charge in [0.2, 0.25) is 0 Å². The molecule has 0 fully saturated rings. The molecule has 0 unspecified atom stereocenters. The van der Waals surface area contributed by atoms with Gasteiger partial charge in [-0.1, -0.05) is 45.9 Å². The van der Waals surface area contributed by atoms with Gasteiger partial charge in [-0.25, -0.2) is 0 Å². The smallest absolute Gasteiger partial charge is 0.370 e. The van der Waals surface area contributed by atoms with Crippen molar-refractivity contribution in [1.82, 2.24) is 0 Å². The lowest BCUT2D eigenvalue weighted by Crippen LogP contribution is -2.45. The van der Waals surface area contributed by atoms with Crippen LogP contribution >= 0.6 is 0 Å². The molecule has 0 aromatic rings. The van der Waals surface area contributed by atoms with E-state index in [9.17, 15) is 0 Å². The van der Waals surface area contributed by atoms with E-state index in [0.717, 1.165) is 25.7 Å². The maximum absolute atomic E-state index is 5.94. The van der Waals surface area contributed by atoms with Gasteiger partial charge in [0.05, 0.1) is 0 Å². The SMILES string of the molecule is CCC=CC=C[Si](OCCC)(OCCC)OCCC. The predicted octanol–water partition coefficient (Wildman–Crippen LogP) is 4.27. The fourth-order valence-corrected chi connectivity index (χ4v) is 3.74. The van der Waals surface area contributed by atoms with Gasteiger partial charge in [-0.2, -0.15) is 0 Å². The van der Waals surface area contributed by atoms with Crippen LogP contribution in [0.15, 0.2) is 23.9 Å². The first-order valence-electron chi connectivity index (χ1n) is 7.50. The van der Waals surface area contributed by atoms with Crippen molar-refractivity contribution in [2.45, 2.75) is 53.4 Å². The van der Waals surface area contributed by atoms with Crippen molar-refractivity contribution in [3.63, 3.8) is 0 Å². The van der Waals surface area contributed by atoms with Gasteiger partial charge < -0.3 is 13.3 Å². The van der Waals surface area contributed by atoms with Crippen LogP contribution in [0.1, 0.15) is 53.4 Å². The normalized spacial score (nSPS) is 12.8. The van der Waals surface area contributed by atoms with Crippen LogP contribution in [0, 0.1) is 0 Å². The van der Waals surface area contributed by atoms with Crippen molar-refractivity contribution >= 4 is 8.80 Å². The third kappa shape index (κ3) is 9.16. The Balaban J connectivity index is 4.75. The summed E-state index contributed by atoms with van der Waals surface area (Å²) in [5.74, 6) is 0. The summed E-state index contributed by atoms with van der Waals surface area (Å²) >= 11 is 0. The Kier molecular flexibility index (Phi) is 12.3. The Labute approximate surface area is 120 Å². The zero-order chi connectivity index (χ0) is 14.4. The van der Waals surface area contributed by atoms with Gasteiger partial charge in [-0.05, 0) is 31.4 Å². The number of rotatable bonds is 12. The Morgan fingerprint density at radius 3 is 1.58 bits per heavy atom. The molecule has 0 spiro atoms. The molecule has 112 valence electrons. The van der Waals surface area contributed by atoms with Crippen LogP contribution in [0.2, 0.25) is 0 Å². The van der Waals surface area contributed by atoms with E-state index in [0.29, 0.717) is 19.8 Å². The maximum Gasteiger partial charge on any atom is 0.529 e. The third-order valence-corrected chi connectivity index (χ3v) is 4.73. The second-order valence-corrected chi connectivity index (χ2v) is 6.75. The molecule has 0 amide bonds. The van der Waals surface area contributed by atoms with E-state index in [2.05, 4.69) is 33.8 Å². The lowest BCUT2D eigenvalue weighted by Gasteiger charge is -2.26. The van der Waals surface area contributed by atoms with Crippen LogP contribution in [0.25, 0.3) is 0 Å². The van der Waals surface area contributed by atoms with Crippen molar-refractivity contribution in [2.75, 3.05) is 19.8 Å². The molecule has 0 radical (unpaired) electrons. The van der Waals surface area contributed by atoms with Crippen molar-refractivity contribution in [1.29, 1.82) is 0 Å². The lowest BCUT2D eigenvalue weighted by atomic mass is 10.4. The largest absolute Gasteiger partial charge is 0.529 e. The number of allylic oxidation sites excluding steroid dienone is 3. The van der Waals surface area contributed by atoms with Crippen LogP contribution in [0.3, 0.4) is 0 Å². The van der Waals surface area contributed by atoms with Gasteiger partial charge in [-0.15, -0.1) is 0 Å². The van der Waals surface area contributed by atoms with E-state index in [4.69, 9.17) is 13.3 Å². The van der Waals surface area contributed by atoms with Gasteiger partial charge >= 0.3 is 8.80 Å². The van der Waals surface area contributed by atoms with E-state index < -0.39 is 8.80 Å². The highest BCUT2D eigenvalue weighted by Gasteiger charge is 2.37. The Hall–Kier alpha value is -0.423. The highest BCUT2D eigenvalue weighted by Crippen LogP contribution is 2.14. The zero-order valence-corrected chi connectivity index (χ0v) is 14.0. The van der Waals surface area contributed by atoms with Crippen LogP contribution < -0.4 is 0 Å². The van der Waals surface area contributed by atoms with Crippen molar-refractivity contribution in [3.05, 3.63) is 23.9 Å². The van der Waals surface area contributed by atoms with Crippen molar-refractivity contribution in [3.8, 4) is 0 Å². The first-order chi connectivity index (χ1) is 9.24. The summed E-state index contributed by atoms with van der Waals surface area (Å²) in [7, 11) is -2.64. The molecule has 0 aromatic carbocycles. The average molecular weight is 286 g/mol. The second kappa shape index (κ2) is 12.6. The molecule has 0 aliphatic heterocycles. The molecule has 0 aliphatic carbocycles. The molecule has 0 heterocycles.